The lowest BCUT2D eigenvalue weighted by Crippen LogP contribution is -2.23. The highest BCUT2D eigenvalue weighted by molar-refractivity contribution is 5.78. The Labute approximate surface area is 89.2 Å². The zero-order valence-electron chi connectivity index (χ0n) is 8.82. The Morgan fingerprint density at radius 3 is 3.00 bits per heavy atom. The lowest BCUT2D eigenvalue weighted by atomic mass is 9.98. The summed E-state index contributed by atoms with van der Waals surface area (Å²) in [6.45, 7) is 0. The molecule has 0 aliphatic heterocycles. The summed E-state index contributed by atoms with van der Waals surface area (Å²) in [6, 6.07) is 5.35. The molecule has 0 saturated carbocycles. The van der Waals surface area contributed by atoms with Crippen molar-refractivity contribution >= 4 is 5.97 Å². The molecule has 1 unspecified atom stereocenters. The van der Waals surface area contributed by atoms with Gasteiger partial charge in [-0.1, -0.05) is 18.2 Å². The summed E-state index contributed by atoms with van der Waals surface area (Å²) in [6.07, 6.45) is 3.27. The molecule has 0 amide bonds. The van der Waals surface area contributed by atoms with Crippen LogP contribution in [0.2, 0.25) is 0 Å². The molecule has 0 fully saturated rings. The monoisotopic (exact) mass is 205 g/mol. The van der Waals surface area contributed by atoms with Crippen LogP contribution in [0.3, 0.4) is 0 Å². The highest BCUT2D eigenvalue weighted by atomic mass is 16.5. The third kappa shape index (κ3) is 1.75. The van der Waals surface area contributed by atoms with Gasteiger partial charge in [-0.15, -0.1) is 0 Å². The van der Waals surface area contributed by atoms with Crippen molar-refractivity contribution in [3.8, 4) is 0 Å². The maximum atomic E-state index is 11.4. The Bertz CT molecular complexity index is 387. The fourth-order valence-corrected chi connectivity index (χ4v) is 2.19. The van der Waals surface area contributed by atoms with Crippen molar-refractivity contribution in [3.05, 3.63) is 34.9 Å². The molecule has 0 heterocycles. The van der Waals surface area contributed by atoms with Gasteiger partial charge in [0.1, 0.15) is 6.04 Å². The number of methoxy groups -OCH3 is 1. The first kappa shape index (κ1) is 10.2. The maximum Gasteiger partial charge on any atom is 0.327 e. The summed E-state index contributed by atoms with van der Waals surface area (Å²) in [5.41, 5.74) is 9.35. The van der Waals surface area contributed by atoms with Crippen LogP contribution in [0.1, 0.15) is 29.2 Å². The van der Waals surface area contributed by atoms with E-state index in [2.05, 4.69) is 10.8 Å². The van der Waals surface area contributed by atoms with Crippen LogP contribution < -0.4 is 5.73 Å². The highest BCUT2D eigenvalue weighted by Crippen LogP contribution is 2.28. The minimum atomic E-state index is -0.636. The molecule has 15 heavy (non-hydrogen) atoms. The third-order valence-electron chi connectivity index (χ3n) is 2.97. The second-order valence-corrected chi connectivity index (χ2v) is 3.84. The summed E-state index contributed by atoms with van der Waals surface area (Å²) in [5.74, 6) is -0.365. The van der Waals surface area contributed by atoms with Gasteiger partial charge in [0.15, 0.2) is 0 Å². The van der Waals surface area contributed by atoms with Crippen LogP contribution in [0.15, 0.2) is 18.2 Å². The van der Waals surface area contributed by atoms with E-state index in [0.717, 1.165) is 24.8 Å². The van der Waals surface area contributed by atoms with Crippen LogP contribution in [0.4, 0.5) is 0 Å². The Hall–Kier alpha value is -1.35. The van der Waals surface area contributed by atoms with Crippen LogP contribution in [-0.2, 0) is 22.4 Å². The average molecular weight is 205 g/mol. The molecule has 1 atom stereocenters. The molecule has 0 aromatic heterocycles. The van der Waals surface area contributed by atoms with Crippen LogP contribution in [0, 0.1) is 0 Å². The maximum absolute atomic E-state index is 11.4. The minimum absolute atomic E-state index is 0.365. The molecule has 1 aromatic rings. The van der Waals surface area contributed by atoms with Gasteiger partial charge in [0.25, 0.3) is 0 Å². The van der Waals surface area contributed by atoms with E-state index in [4.69, 9.17) is 5.73 Å². The summed E-state index contributed by atoms with van der Waals surface area (Å²) in [4.78, 5) is 11.4. The lowest BCUT2D eigenvalue weighted by Gasteiger charge is -2.13. The zero-order valence-corrected chi connectivity index (χ0v) is 8.82. The number of hydrogen-bond donors (Lipinski definition) is 1. The normalized spacial score (nSPS) is 15.9. The zero-order chi connectivity index (χ0) is 10.8. The molecule has 1 aliphatic carbocycles. The Morgan fingerprint density at radius 2 is 2.27 bits per heavy atom. The lowest BCUT2D eigenvalue weighted by molar-refractivity contribution is -0.142. The largest absolute Gasteiger partial charge is 0.468 e. The van der Waals surface area contributed by atoms with E-state index in [-0.39, 0.29) is 5.97 Å². The van der Waals surface area contributed by atoms with Gasteiger partial charge >= 0.3 is 5.97 Å². The van der Waals surface area contributed by atoms with Gasteiger partial charge in [-0.2, -0.15) is 0 Å². The molecule has 80 valence electrons. The van der Waals surface area contributed by atoms with Crippen molar-refractivity contribution in [2.24, 2.45) is 5.73 Å². The summed E-state index contributed by atoms with van der Waals surface area (Å²) in [5, 5.41) is 0. The summed E-state index contributed by atoms with van der Waals surface area (Å²) >= 11 is 0. The van der Waals surface area contributed by atoms with E-state index in [0.29, 0.717) is 0 Å². The van der Waals surface area contributed by atoms with Gasteiger partial charge in [-0.3, -0.25) is 4.79 Å². The number of fused-ring (bicyclic) bond motifs is 1. The molecule has 0 saturated heterocycles. The Morgan fingerprint density at radius 1 is 1.47 bits per heavy atom. The number of ether oxygens (including phenoxy) is 1. The van der Waals surface area contributed by atoms with Crippen molar-refractivity contribution < 1.29 is 9.53 Å². The molecule has 0 spiro atoms. The van der Waals surface area contributed by atoms with Crippen molar-refractivity contribution in [2.45, 2.75) is 25.3 Å². The van der Waals surface area contributed by atoms with E-state index >= 15 is 0 Å². The smallest absolute Gasteiger partial charge is 0.327 e. The van der Waals surface area contributed by atoms with Gasteiger partial charge in [-0.25, -0.2) is 0 Å². The molecular formula is C12H15NO2. The van der Waals surface area contributed by atoms with E-state index in [9.17, 15) is 4.79 Å². The molecule has 2 N–H and O–H groups in total. The highest BCUT2D eigenvalue weighted by Gasteiger charge is 2.22. The van der Waals surface area contributed by atoms with Crippen LogP contribution in [0.25, 0.3) is 0 Å². The van der Waals surface area contributed by atoms with Gasteiger partial charge in [-0.05, 0) is 36.0 Å². The van der Waals surface area contributed by atoms with Gasteiger partial charge in [0, 0.05) is 0 Å². The van der Waals surface area contributed by atoms with Gasteiger partial charge in [0.2, 0.25) is 0 Å². The molecule has 3 heteroatoms. The van der Waals surface area contributed by atoms with Crippen molar-refractivity contribution in [3.63, 3.8) is 0 Å². The fourth-order valence-electron chi connectivity index (χ4n) is 2.19. The van der Waals surface area contributed by atoms with Crippen molar-refractivity contribution in [1.29, 1.82) is 0 Å². The first-order chi connectivity index (χ1) is 7.24. The van der Waals surface area contributed by atoms with Crippen LogP contribution in [-0.4, -0.2) is 13.1 Å². The second-order valence-electron chi connectivity index (χ2n) is 3.84. The number of rotatable bonds is 2. The number of esters is 1. The molecule has 1 aromatic carbocycles. The number of aryl methyl sites for hydroxylation is 1. The SMILES string of the molecule is COC(=O)C(N)c1cccc2c1CCC2. The standard InChI is InChI=1S/C12H15NO2/c1-15-12(14)11(13)10-7-3-5-8-4-2-6-9(8)10/h3,5,7,11H,2,4,6,13H2,1H3. The van der Waals surface area contributed by atoms with Gasteiger partial charge in [0.05, 0.1) is 7.11 Å². The van der Waals surface area contributed by atoms with E-state index < -0.39 is 6.04 Å². The van der Waals surface area contributed by atoms with Crippen LogP contribution >= 0.6 is 0 Å². The van der Waals surface area contributed by atoms with Crippen LogP contribution in [0.5, 0.6) is 0 Å². The molecule has 1 aliphatic rings. The van der Waals surface area contributed by atoms with Gasteiger partial charge < -0.3 is 10.5 Å². The quantitative estimate of drug-likeness (QED) is 0.741. The number of carbonyl (C=O) groups excluding carboxylic acids is 1. The Kier molecular flexibility index (Phi) is 2.73. The number of benzene rings is 1. The third-order valence-corrected chi connectivity index (χ3v) is 2.97. The molecule has 0 bridgehead atoms. The minimum Gasteiger partial charge on any atom is -0.468 e. The Balaban J connectivity index is 2.36. The predicted molar refractivity (Wildman–Crippen MR) is 57.4 cm³/mol. The molecule has 3 nitrogen and oxygen atoms in total. The number of hydrogen-bond acceptors (Lipinski definition) is 3. The summed E-state index contributed by atoms with van der Waals surface area (Å²) < 4.78 is 4.66. The fraction of sp³-hybridized carbons (Fsp3) is 0.417. The topological polar surface area (TPSA) is 52.3 Å². The predicted octanol–water partition coefficient (Wildman–Crippen LogP) is 1.35. The first-order valence-electron chi connectivity index (χ1n) is 5.18. The number of nitrogens with two attached hydrogens (primary N) is 1. The van der Waals surface area contributed by atoms with Crippen molar-refractivity contribution in [1.82, 2.24) is 0 Å². The molecule has 2 rings (SSSR count). The molecular weight excluding hydrogens is 190 g/mol. The van der Waals surface area contributed by atoms with E-state index in [1.807, 2.05) is 12.1 Å². The van der Waals surface area contributed by atoms with Crippen molar-refractivity contribution in [2.75, 3.05) is 7.11 Å². The molecule has 0 radical (unpaired) electrons. The van der Waals surface area contributed by atoms with E-state index in [1.165, 1.54) is 18.2 Å². The second kappa shape index (κ2) is 4.03. The van der Waals surface area contributed by atoms with E-state index in [1.54, 1.807) is 0 Å². The first-order valence-corrected chi connectivity index (χ1v) is 5.18. The average Bonchev–Trinajstić information content (AvgIpc) is 2.74. The summed E-state index contributed by atoms with van der Waals surface area (Å²) in [7, 11) is 1.37. The number of carbonyl (C=O) groups is 1.